The van der Waals surface area contributed by atoms with Crippen LogP contribution in [0.5, 0.6) is 0 Å². The highest BCUT2D eigenvalue weighted by Gasteiger charge is 2.23. The van der Waals surface area contributed by atoms with Crippen LogP contribution in [0.15, 0.2) is 77.7 Å². The maximum atomic E-state index is 13.1. The van der Waals surface area contributed by atoms with E-state index in [1.807, 2.05) is 24.3 Å². The van der Waals surface area contributed by atoms with Gasteiger partial charge in [0.15, 0.2) is 0 Å². The molecule has 0 atom stereocenters. The molecular weight excluding hydrogens is 446 g/mol. The van der Waals surface area contributed by atoms with Gasteiger partial charge in [0.05, 0.1) is 22.0 Å². The average molecular weight is 470 g/mol. The van der Waals surface area contributed by atoms with Gasteiger partial charge in [-0.2, -0.15) is 0 Å². The van der Waals surface area contributed by atoms with Gasteiger partial charge in [-0.15, -0.1) is 0 Å². The van der Waals surface area contributed by atoms with E-state index in [-0.39, 0.29) is 16.4 Å². The maximum Gasteiger partial charge on any atom is 0.264 e. The number of carbonyl (C=O) groups excluding carboxylic acids is 1. The molecule has 1 amide bonds. The Labute approximate surface area is 193 Å². The molecule has 0 unspecified atom stereocenters. The zero-order valence-corrected chi connectivity index (χ0v) is 19.2. The smallest absolute Gasteiger partial charge is 0.264 e. The van der Waals surface area contributed by atoms with Crippen LogP contribution in [-0.2, 0) is 10.0 Å². The van der Waals surface area contributed by atoms with Crippen molar-refractivity contribution in [3.05, 3.63) is 83.4 Å². The summed E-state index contributed by atoms with van der Waals surface area (Å²) >= 11 is 6.01. The minimum atomic E-state index is -3.87. The predicted molar refractivity (Wildman–Crippen MR) is 129 cm³/mol. The van der Waals surface area contributed by atoms with Crippen LogP contribution in [-0.4, -0.2) is 34.5 Å². The van der Waals surface area contributed by atoms with E-state index in [0.29, 0.717) is 16.4 Å². The van der Waals surface area contributed by atoms with Crippen LogP contribution in [0.3, 0.4) is 0 Å². The number of hydrogen-bond donors (Lipinski definition) is 1. The quantitative estimate of drug-likeness (QED) is 0.550. The third-order valence-electron chi connectivity index (χ3n) is 5.53. The third kappa shape index (κ3) is 4.59. The monoisotopic (exact) mass is 469 g/mol. The molecule has 1 saturated heterocycles. The molecule has 0 aromatic heterocycles. The molecule has 0 radical (unpaired) electrons. The van der Waals surface area contributed by atoms with E-state index in [0.717, 1.165) is 35.9 Å². The highest BCUT2D eigenvalue weighted by molar-refractivity contribution is 7.92. The van der Waals surface area contributed by atoms with Crippen molar-refractivity contribution in [3.8, 4) is 0 Å². The van der Waals surface area contributed by atoms with Gasteiger partial charge in [-0.1, -0.05) is 35.9 Å². The summed E-state index contributed by atoms with van der Waals surface area (Å²) in [6, 6.07) is 20.3. The minimum absolute atomic E-state index is 0.0282. The molecule has 3 aromatic rings. The Balaban J connectivity index is 1.59. The van der Waals surface area contributed by atoms with Gasteiger partial charge < -0.3 is 10.2 Å². The van der Waals surface area contributed by atoms with E-state index in [9.17, 15) is 13.2 Å². The summed E-state index contributed by atoms with van der Waals surface area (Å²) in [7, 11) is -2.41. The minimum Gasteiger partial charge on any atom is -0.370 e. The molecule has 0 bridgehead atoms. The third-order valence-corrected chi connectivity index (χ3v) is 7.54. The SMILES string of the molecule is CN(c1cccc(Cl)c1)S(=O)(=O)c1cccc(C(=O)Nc2ccccc2N2CCCC2)c1. The first kappa shape index (κ1) is 22.2. The molecule has 1 fully saturated rings. The number of anilines is 3. The Hall–Kier alpha value is -3.03. The number of halogens is 1. The van der Waals surface area contributed by atoms with Gasteiger partial charge in [0, 0.05) is 30.7 Å². The summed E-state index contributed by atoms with van der Waals surface area (Å²) in [5, 5.41) is 3.38. The summed E-state index contributed by atoms with van der Waals surface area (Å²) in [5.41, 5.74) is 2.39. The van der Waals surface area contributed by atoms with E-state index >= 15 is 0 Å². The Morgan fingerprint density at radius 1 is 0.969 bits per heavy atom. The molecule has 0 saturated carbocycles. The second-order valence-electron chi connectivity index (χ2n) is 7.65. The number of para-hydroxylation sites is 2. The van der Waals surface area contributed by atoms with Crippen molar-refractivity contribution in [3.63, 3.8) is 0 Å². The molecule has 1 aliphatic heterocycles. The lowest BCUT2D eigenvalue weighted by molar-refractivity contribution is 0.102. The molecular formula is C24H24ClN3O3S. The zero-order chi connectivity index (χ0) is 22.7. The predicted octanol–water partition coefficient (Wildman–Crippen LogP) is 5.02. The highest BCUT2D eigenvalue weighted by Crippen LogP contribution is 2.29. The van der Waals surface area contributed by atoms with Crippen molar-refractivity contribution in [2.75, 3.05) is 34.7 Å². The Morgan fingerprint density at radius 2 is 1.69 bits per heavy atom. The number of nitrogens with zero attached hydrogens (tertiary/aromatic N) is 2. The van der Waals surface area contributed by atoms with Crippen LogP contribution in [0.4, 0.5) is 17.1 Å². The van der Waals surface area contributed by atoms with Crippen LogP contribution in [0.1, 0.15) is 23.2 Å². The first-order valence-electron chi connectivity index (χ1n) is 10.4. The van der Waals surface area contributed by atoms with Crippen molar-refractivity contribution in [2.24, 2.45) is 0 Å². The lowest BCUT2D eigenvalue weighted by Crippen LogP contribution is -2.27. The van der Waals surface area contributed by atoms with Crippen molar-refractivity contribution >= 4 is 44.6 Å². The summed E-state index contributed by atoms with van der Waals surface area (Å²) < 4.78 is 27.5. The number of benzene rings is 3. The largest absolute Gasteiger partial charge is 0.370 e. The Morgan fingerprint density at radius 3 is 2.44 bits per heavy atom. The Kier molecular flexibility index (Phi) is 6.39. The van der Waals surface area contributed by atoms with Gasteiger partial charge in [-0.05, 0) is 61.4 Å². The summed E-state index contributed by atoms with van der Waals surface area (Å²) in [4.78, 5) is 15.3. The molecule has 1 N–H and O–H groups in total. The molecule has 32 heavy (non-hydrogen) atoms. The second-order valence-corrected chi connectivity index (χ2v) is 10.1. The van der Waals surface area contributed by atoms with Gasteiger partial charge in [0.1, 0.15) is 0 Å². The van der Waals surface area contributed by atoms with Crippen LogP contribution >= 0.6 is 11.6 Å². The van der Waals surface area contributed by atoms with Gasteiger partial charge in [-0.25, -0.2) is 8.42 Å². The number of amides is 1. The molecule has 0 aliphatic carbocycles. The molecule has 1 aliphatic rings. The van der Waals surface area contributed by atoms with Crippen LogP contribution in [0.25, 0.3) is 0 Å². The van der Waals surface area contributed by atoms with E-state index in [2.05, 4.69) is 10.2 Å². The van der Waals surface area contributed by atoms with E-state index < -0.39 is 10.0 Å². The topological polar surface area (TPSA) is 69.7 Å². The normalized spacial score (nSPS) is 13.8. The van der Waals surface area contributed by atoms with Crippen LogP contribution < -0.4 is 14.5 Å². The fourth-order valence-corrected chi connectivity index (χ4v) is 5.19. The van der Waals surface area contributed by atoms with Crippen molar-refractivity contribution in [2.45, 2.75) is 17.7 Å². The number of sulfonamides is 1. The summed E-state index contributed by atoms with van der Waals surface area (Å²) in [5.74, 6) is -0.362. The number of nitrogens with one attached hydrogen (secondary N) is 1. The molecule has 6 nitrogen and oxygen atoms in total. The standard InChI is InChI=1S/C24H24ClN3O3S/c1-27(20-10-7-9-19(25)17-20)32(30,31)21-11-6-8-18(16-21)24(29)26-22-12-2-3-13-23(22)28-14-4-5-15-28/h2-3,6-13,16-17H,4-5,14-15H2,1H3,(H,26,29). The number of hydrogen-bond acceptors (Lipinski definition) is 4. The van der Waals surface area contributed by atoms with E-state index in [1.165, 1.54) is 19.2 Å². The molecule has 166 valence electrons. The van der Waals surface area contributed by atoms with Crippen molar-refractivity contribution in [1.29, 1.82) is 0 Å². The fraction of sp³-hybridized carbons (Fsp3) is 0.208. The first-order valence-corrected chi connectivity index (χ1v) is 12.2. The lowest BCUT2D eigenvalue weighted by atomic mass is 10.2. The number of carbonyl (C=O) groups is 1. The summed E-state index contributed by atoms with van der Waals surface area (Å²) in [6.45, 7) is 1.91. The van der Waals surface area contributed by atoms with Gasteiger partial charge >= 0.3 is 0 Å². The zero-order valence-electron chi connectivity index (χ0n) is 17.7. The Bertz CT molecular complexity index is 1240. The van der Waals surface area contributed by atoms with Crippen LogP contribution in [0.2, 0.25) is 5.02 Å². The van der Waals surface area contributed by atoms with Gasteiger partial charge in [-0.3, -0.25) is 9.10 Å². The maximum absolute atomic E-state index is 13.1. The highest BCUT2D eigenvalue weighted by atomic mass is 35.5. The second kappa shape index (κ2) is 9.22. The lowest BCUT2D eigenvalue weighted by Gasteiger charge is -2.22. The van der Waals surface area contributed by atoms with Gasteiger partial charge in [0.25, 0.3) is 15.9 Å². The van der Waals surface area contributed by atoms with E-state index in [1.54, 1.807) is 36.4 Å². The average Bonchev–Trinajstić information content (AvgIpc) is 3.34. The molecule has 4 rings (SSSR count). The van der Waals surface area contributed by atoms with Gasteiger partial charge in [0.2, 0.25) is 0 Å². The fourth-order valence-electron chi connectivity index (χ4n) is 3.77. The number of rotatable bonds is 6. The van der Waals surface area contributed by atoms with E-state index in [4.69, 9.17) is 11.6 Å². The van der Waals surface area contributed by atoms with Crippen molar-refractivity contribution < 1.29 is 13.2 Å². The molecule has 1 heterocycles. The molecule has 8 heteroatoms. The molecule has 3 aromatic carbocycles. The molecule has 0 spiro atoms. The first-order chi connectivity index (χ1) is 15.4. The van der Waals surface area contributed by atoms with Crippen molar-refractivity contribution in [1.82, 2.24) is 0 Å². The summed E-state index contributed by atoms with van der Waals surface area (Å²) in [6.07, 6.45) is 2.25. The van der Waals surface area contributed by atoms with Crippen LogP contribution in [0, 0.1) is 0 Å².